The van der Waals surface area contributed by atoms with Gasteiger partial charge in [0.25, 0.3) is 11.8 Å². The van der Waals surface area contributed by atoms with Gasteiger partial charge in [0.2, 0.25) is 5.78 Å². The minimum absolute atomic E-state index is 0.00571. The predicted molar refractivity (Wildman–Crippen MR) is 175 cm³/mol. The van der Waals surface area contributed by atoms with Crippen molar-refractivity contribution in [2.45, 2.75) is 36.8 Å². The number of nitrogens with one attached hydrogen (secondary N) is 1. The maximum absolute atomic E-state index is 15.6. The summed E-state index contributed by atoms with van der Waals surface area (Å²) in [5.74, 6) is -4.21. The van der Waals surface area contributed by atoms with Crippen LogP contribution in [0.3, 0.4) is 0 Å². The Bertz CT molecular complexity index is 2080. The highest BCUT2D eigenvalue weighted by atomic mass is 19.4. The summed E-state index contributed by atoms with van der Waals surface area (Å²) in [7, 11) is 0. The molecule has 240 valence electrons. The molecule has 3 aliphatic heterocycles. The van der Waals surface area contributed by atoms with Crippen LogP contribution in [0, 0.1) is 5.41 Å². The fourth-order valence-electron chi connectivity index (χ4n) is 8.39. The summed E-state index contributed by atoms with van der Waals surface area (Å²) in [5.41, 5.74) is -1.95. The normalized spacial score (nSPS) is 25.2. The number of alkyl halides is 3. The van der Waals surface area contributed by atoms with Gasteiger partial charge in [-0.1, -0.05) is 121 Å². The van der Waals surface area contributed by atoms with Crippen LogP contribution in [0.5, 0.6) is 0 Å². The third kappa shape index (κ3) is 4.20. The number of hydrogen-bond acceptors (Lipinski definition) is 4. The molecule has 0 aliphatic carbocycles. The summed E-state index contributed by atoms with van der Waals surface area (Å²) in [4.78, 5) is 47.0. The van der Waals surface area contributed by atoms with E-state index in [0.29, 0.717) is 22.0 Å². The largest absolute Gasteiger partial charge is 0.404 e. The Balaban J connectivity index is 1.41. The first-order chi connectivity index (χ1) is 23.2. The van der Waals surface area contributed by atoms with E-state index in [2.05, 4.69) is 5.32 Å². The number of likely N-dealkylation sites (tertiary alicyclic amines) is 1. The molecule has 2 spiro atoms. The highest BCUT2D eigenvalue weighted by Gasteiger charge is 2.81. The third-order valence-electron chi connectivity index (χ3n) is 10.3. The van der Waals surface area contributed by atoms with E-state index < -0.39 is 46.7 Å². The SMILES string of the molecule is O=C1C(=O)[C@@]2(CN1Cc1ccccc1)[C@H](c1cccc3ccccc13)[C@@H](C(F)(F)F)N[C@]21C(=O)N(Cc2ccccc2)c2ccccc21. The predicted octanol–water partition coefficient (Wildman–Crippen LogP) is 6.50. The molecule has 3 aliphatic rings. The summed E-state index contributed by atoms with van der Waals surface area (Å²) in [6, 6.07) is 34.6. The molecule has 0 radical (unpaired) electrons. The fourth-order valence-corrected chi connectivity index (χ4v) is 8.39. The van der Waals surface area contributed by atoms with Gasteiger partial charge in [0.05, 0.1) is 12.0 Å². The van der Waals surface area contributed by atoms with E-state index in [1.807, 2.05) is 36.4 Å². The Morgan fingerprint density at radius 3 is 2.02 bits per heavy atom. The average Bonchev–Trinajstić information content (AvgIpc) is 3.64. The first kappa shape index (κ1) is 30.1. The standard InChI is InChI=1S/C39H30F3N3O3/c40-39(41,42)33-32(29-19-11-17-27-16-7-8-18-28(27)29)37(24-44(35(47)34(37)46)22-25-12-3-1-4-13-25)38(43-33)30-20-9-10-21-31(30)45(36(38)48)23-26-14-5-2-6-15-26/h1-21,32-33,43H,22-24H2/t32-,33+,37-,38-/m1/s1. The van der Waals surface area contributed by atoms with Crippen molar-refractivity contribution in [3.8, 4) is 0 Å². The second kappa shape index (κ2) is 10.9. The molecule has 5 aromatic rings. The number of amides is 2. The number of carbonyl (C=O) groups excluding carboxylic acids is 3. The monoisotopic (exact) mass is 645 g/mol. The molecule has 9 heteroatoms. The van der Waals surface area contributed by atoms with Crippen molar-refractivity contribution in [3.63, 3.8) is 0 Å². The number of hydrogen-bond donors (Lipinski definition) is 1. The molecule has 2 amide bonds. The van der Waals surface area contributed by atoms with Crippen LogP contribution in [0.1, 0.15) is 28.2 Å². The molecule has 2 fully saturated rings. The van der Waals surface area contributed by atoms with E-state index in [0.717, 1.165) is 5.56 Å². The number of para-hydroxylation sites is 1. The van der Waals surface area contributed by atoms with Crippen LogP contribution in [0.2, 0.25) is 0 Å². The smallest absolute Gasteiger partial charge is 0.331 e. The zero-order valence-corrected chi connectivity index (χ0v) is 25.7. The summed E-state index contributed by atoms with van der Waals surface area (Å²) >= 11 is 0. The van der Waals surface area contributed by atoms with Gasteiger partial charge in [-0.3, -0.25) is 19.7 Å². The van der Waals surface area contributed by atoms with Gasteiger partial charge in [-0.15, -0.1) is 0 Å². The molecule has 8 rings (SSSR count). The van der Waals surface area contributed by atoms with Crippen molar-refractivity contribution in [1.82, 2.24) is 10.2 Å². The van der Waals surface area contributed by atoms with E-state index >= 15 is 18.0 Å². The lowest BCUT2D eigenvalue weighted by Gasteiger charge is -2.41. The second-order valence-electron chi connectivity index (χ2n) is 12.8. The summed E-state index contributed by atoms with van der Waals surface area (Å²) < 4.78 is 46.8. The summed E-state index contributed by atoms with van der Waals surface area (Å²) in [5, 5.41) is 4.01. The van der Waals surface area contributed by atoms with Crippen molar-refractivity contribution in [2.24, 2.45) is 5.41 Å². The molecule has 1 N–H and O–H groups in total. The summed E-state index contributed by atoms with van der Waals surface area (Å²) in [6.45, 7) is -0.306. The van der Waals surface area contributed by atoms with E-state index in [-0.39, 0.29) is 30.8 Å². The number of halogens is 3. The van der Waals surface area contributed by atoms with Gasteiger partial charge in [-0.25, -0.2) is 0 Å². The molecule has 2 saturated heterocycles. The Hall–Kier alpha value is -5.28. The molecular weight excluding hydrogens is 615 g/mol. The molecule has 4 atom stereocenters. The molecule has 48 heavy (non-hydrogen) atoms. The van der Waals surface area contributed by atoms with Gasteiger partial charge < -0.3 is 9.80 Å². The number of benzene rings is 5. The number of fused-ring (bicyclic) bond motifs is 4. The van der Waals surface area contributed by atoms with Gasteiger partial charge in [0.1, 0.15) is 11.6 Å². The van der Waals surface area contributed by atoms with Crippen molar-refractivity contribution >= 4 is 34.1 Å². The number of ketones is 1. The molecular formula is C39H30F3N3O3. The molecule has 0 bridgehead atoms. The highest BCUT2D eigenvalue weighted by molar-refractivity contribution is 6.42. The van der Waals surface area contributed by atoms with Crippen LogP contribution < -0.4 is 10.2 Å². The quantitative estimate of drug-likeness (QED) is 0.222. The van der Waals surface area contributed by atoms with Gasteiger partial charge >= 0.3 is 6.18 Å². The lowest BCUT2D eigenvalue weighted by molar-refractivity contribution is -0.159. The molecule has 5 aromatic carbocycles. The zero-order chi connectivity index (χ0) is 33.3. The minimum atomic E-state index is -4.89. The van der Waals surface area contributed by atoms with E-state index in [9.17, 15) is 9.59 Å². The Morgan fingerprint density at radius 2 is 1.31 bits per heavy atom. The molecule has 0 unspecified atom stereocenters. The third-order valence-corrected chi connectivity index (χ3v) is 10.3. The lowest BCUT2D eigenvalue weighted by Crippen LogP contribution is -2.60. The van der Waals surface area contributed by atoms with Crippen molar-refractivity contribution in [1.29, 1.82) is 0 Å². The number of anilines is 1. The first-order valence-corrected chi connectivity index (χ1v) is 15.8. The lowest BCUT2D eigenvalue weighted by atomic mass is 9.58. The van der Waals surface area contributed by atoms with Crippen molar-refractivity contribution in [3.05, 3.63) is 150 Å². The van der Waals surface area contributed by atoms with Crippen LogP contribution in [-0.2, 0) is 33.0 Å². The van der Waals surface area contributed by atoms with Gasteiger partial charge in [0, 0.05) is 30.3 Å². The van der Waals surface area contributed by atoms with Crippen molar-refractivity contribution in [2.75, 3.05) is 11.4 Å². The van der Waals surface area contributed by atoms with E-state index in [4.69, 9.17) is 0 Å². The topological polar surface area (TPSA) is 69.7 Å². The molecule has 6 nitrogen and oxygen atoms in total. The maximum Gasteiger partial charge on any atom is 0.404 e. The van der Waals surface area contributed by atoms with Gasteiger partial charge in [-0.05, 0) is 33.5 Å². The average molecular weight is 646 g/mol. The number of Topliss-reactive ketones (excluding diaryl/α,β-unsaturated/α-hetero) is 1. The van der Waals surface area contributed by atoms with Crippen LogP contribution in [-0.4, -0.2) is 41.3 Å². The van der Waals surface area contributed by atoms with Crippen LogP contribution >= 0.6 is 0 Å². The molecule has 0 aromatic heterocycles. The Labute approximate surface area is 274 Å². The highest BCUT2D eigenvalue weighted by Crippen LogP contribution is 2.66. The molecule has 3 heterocycles. The maximum atomic E-state index is 15.6. The Kier molecular flexibility index (Phi) is 6.82. The number of carbonyl (C=O) groups is 3. The van der Waals surface area contributed by atoms with Crippen LogP contribution in [0.25, 0.3) is 10.8 Å². The summed E-state index contributed by atoms with van der Waals surface area (Å²) in [6.07, 6.45) is -4.89. The van der Waals surface area contributed by atoms with Gasteiger partial charge in [0.15, 0.2) is 0 Å². The molecule has 0 saturated carbocycles. The Morgan fingerprint density at radius 1 is 0.708 bits per heavy atom. The van der Waals surface area contributed by atoms with Gasteiger partial charge in [-0.2, -0.15) is 13.2 Å². The first-order valence-electron chi connectivity index (χ1n) is 15.8. The zero-order valence-electron chi connectivity index (χ0n) is 25.7. The fraction of sp³-hybridized carbons (Fsp3) is 0.205. The van der Waals surface area contributed by atoms with Crippen LogP contribution in [0.4, 0.5) is 18.9 Å². The minimum Gasteiger partial charge on any atom is -0.331 e. The van der Waals surface area contributed by atoms with Crippen LogP contribution in [0.15, 0.2) is 127 Å². The van der Waals surface area contributed by atoms with E-state index in [1.54, 1.807) is 91.0 Å². The second-order valence-corrected chi connectivity index (χ2v) is 12.8. The number of nitrogens with zero attached hydrogens (tertiary/aromatic N) is 2. The van der Waals surface area contributed by atoms with E-state index in [1.165, 1.54) is 9.80 Å². The van der Waals surface area contributed by atoms with Crippen molar-refractivity contribution < 1.29 is 27.6 Å². The number of rotatable bonds is 5.